The number of benzene rings is 2. The summed E-state index contributed by atoms with van der Waals surface area (Å²) in [5.41, 5.74) is 13.3. The number of aliphatic carboxylic acids is 1. The molecule has 0 aliphatic carbocycles. The first-order chi connectivity index (χ1) is 21.6. The van der Waals surface area contributed by atoms with Gasteiger partial charge in [0.05, 0.1) is 33.0 Å². The van der Waals surface area contributed by atoms with Crippen LogP contribution in [0.5, 0.6) is 0 Å². The number of nitrogens with two attached hydrogens (primary N) is 1. The molecule has 0 unspecified atom stereocenters. The van der Waals surface area contributed by atoms with Gasteiger partial charge < -0.3 is 31.4 Å². The predicted molar refractivity (Wildman–Crippen MR) is 171 cm³/mol. The number of amides is 2. The van der Waals surface area contributed by atoms with E-state index in [1.807, 2.05) is 13.8 Å². The number of carbonyl (C=O) groups is 3. The van der Waals surface area contributed by atoms with Crippen molar-refractivity contribution in [2.24, 2.45) is 0 Å². The van der Waals surface area contributed by atoms with Gasteiger partial charge >= 0.3 is 0 Å². The number of hydrogen-bond acceptors (Lipinski definition) is 6. The number of rotatable bonds is 3. The smallest absolute Gasteiger partial charge is 0.300 e. The molecule has 0 bridgehead atoms. The number of fused-ring (bicyclic) bond motifs is 2. The SMILES string of the molecule is CC(=O)O.Cc1[nH]c(/C=C2\C(=O)Nc3ccc(F)cc32)c(C)c1N.Cc1[nH]c(/C=C2\C(=O)Nc3ccc(F)cc32)c(C)c1[N+](=O)[O-].[Zn]. The summed E-state index contributed by atoms with van der Waals surface area (Å²) in [6, 6.07) is 8.25. The van der Waals surface area contributed by atoms with Gasteiger partial charge in [-0.2, -0.15) is 0 Å². The number of anilines is 3. The maximum absolute atomic E-state index is 13.4. The maximum atomic E-state index is 13.4. The van der Waals surface area contributed by atoms with Gasteiger partial charge in [0, 0.05) is 66.0 Å². The van der Waals surface area contributed by atoms with Gasteiger partial charge in [-0.25, -0.2) is 8.78 Å². The number of aromatic amines is 2. The number of nitrogen functional groups attached to an aromatic ring is 1. The van der Waals surface area contributed by atoms with Crippen LogP contribution >= 0.6 is 0 Å². The quantitative estimate of drug-likeness (QED) is 0.0643. The van der Waals surface area contributed by atoms with Crippen LogP contribution in [0.15, 0.2) is 36.4 Å². The molecule has 2 aromatic carbocycles. The third kappa shape index (κ3) is 7.70. The van der Waals surface area contributed by atoms with Gasteiger partial charge in [-0.15, -0.1) is 0 Å². The first-order valence-electron chi connectivity index (χ1n) is 13.7. The summed E-state index contributed by atoms with van der Waals surface area (Å²) in [6.45, 7) is 8.03. The van der Waals surface area contributed by atoms with E-state index in [0.29, 0.717) is 50.7 Å². The van der Waals surface area contributed by atoms with E-state index in [1.165, 1.54) is 36.4 Å². The number of nitrogens with zero attached hydrogens (tertiary/aromatic N) is 1. The fourth-order valence-electron chi connectivity index (χ4n) is 5.01. The topological polar surface area (TPSA) is 196 Å². The Bertz CT molecular complexity index is 1990. The van der Waals surface area contributed by atoms with E-state index in [-0.39, 0.29) is 48.4 Å². The average molecular weight is 698 g/mol. The van der Waals surface area contributed by atoms with E-state index in [4.69, 9.17) is 15.6 Å². The van der Waals surface area contributed by atoms with Crippen LogP contribution in [-0.2, 0) is 33.9 Å². The van der Waals surface area contributed by atoms with E-state index >= 15 is 0 Å². The summed E-state index contributed by atoms with van der Waals surface area (Å²) in [4.78, 5) is 49.6. The fourth-order valence-corrected chi connectivity index (χ4v) is 5.01. The summed E-state index contributed by atoms with van der Waals surface area (Å²) >= 11 is 0. The van der Waals surface area contributed by atoms with Crippen molar-refractivity contribution in [2.45, 2.75) is 34.6 Å². The first-order valence-corrected chi connectivity index (χ1v) is 13.7. The Balaban J connectivity index is 0.000000226. The molecule has 2 amide bonds. The summed E-state index contributed by atoms with van der Waals surface area (Å²) in [7, 11) is 0. The number of H-pyrrole nitrogens is 2. The van der Waals surface area contributed by atoms with Crippen LogP contribution in [0.4, 0.5) is 31.5 Å². The molecule has 6 rings (SSSR count). The van der Waals surface area contributed by atoms with Gasteiger partial charge in [-0.1, -0.05) is 0 Å². The van der Waals surface area contributed by atoms with Crippen LogP contribution in [0.25, 0.3) is 23.3 Å². The number of nitrogens with one attached hydrogen (secondary N) is 4. The summed E-state index contributed by atoms with van der Waals surface area (Å²) in [6.07, 6.45) is 3.22. The number of hydrogen-bond donors (Lipinski definition) is 6. The zero-order valence-electron chi connectivity index (χ0n) is 26.1. The third-order valence-electron chi connectivity index (χ3n) is 7.26. The van der Waals surface area contributed by atoms with Crippen molar-refractivity contribution in [1.29, 1.82) is 0 Å². The molecule has 0 spiro atoms. The maximum Gasteiger partial charge on any atom is 0.300 e. The molecular formula is C32H30F2N6O6Zn. The van der Waals surface area contributed by atoms with Gasteiger partial charge in [-0.3, -0.25) is 24.5 Å². The largest absolute Gasteiger partial charge is 0.481 e. The van der Waals surface area contributed by atoms with Gasteiger partial charge in [-0.05, 0) is 81.8 Å². The zero-order chi connectivity index (χ0) is 34.0. The molecule has 4 heterocycles. The molecule has 2 aromatic heterocycles. The number of carbonyl (C=O) groups excluding carboxylic acids is 2. The third-order valence-corrected chi connectivity index (χ3v) is 7.26. The second kappa shape index (κ2) is 14.3. The number of carboxylic acid groups (broad SMARTS) is 1. The van der Waals surface area contributed by atoms with E-state index in [2.05, 4.69) is 20.6 Å². The minimum atomic E-state index is -0.833. The Kier molecular flexibility index (Phi) is 11.0. The van der Waals surface area contributed by atoms with Crippen molar-refractivity contribution in [3.05, 3.63) is 103 Å². The van der Waals surface area contributed by atoms with Crippen LogP contribution in [-0.4, -0.2) is 37.8 Å². The van der Waals surface area contributed by atoms with E-state index in [1.54, 1.807) is 26.0 Å². The molecule has 0 fully saturated rings. The van der Waals surface area contributed by atoms with E-state index < -0.39 is 16.7 Å². The standard InChI is InChI=1S/C15H12FN3O3.C15H14FN3O.C2H4O2.Zn/c1-7-13(17-8(2)14(7)19(21)22)6-11-10-5-9(16)3-4-12(10)18-15(11)20;1-7-13(18-8(2)14(7)17)6-11-10-5-9(16)3-4-12(10)19-15(11)20;1-2(3)4;/h3-6,17H,1-2H3,(H,18,20);3-6,18H,17H2,1-2H3,(H,19,20);1H3,(H,3,4);/b2*11-6-;;. The molecule has 0 saturated carbocycles. The van der Waals surface area contributed by atoms with E-state index in [9.17, 15) is 28.5 Å². The molecule has 0 atom stereocenters. The van der Waals surface area contributed by atoms with Crippen LogP contribution in [0, 0.1) is 49.4 Å². The van der Waals surface area contributed by atoms with Crippen molar-refractivity contribution < 1.29 is 52.7 Å². The number of aryl methyl sites for hydroxylation is 2. The monoisotopic (exact) mass is 696 g/mol. The number of halogens is 2. The van der Waals surface area contributed by atoms with Gasteiger partial charge in [0.2, 0.25) is 0 Å². The van der Waals surface area contributed by atoms with Gasteiger partial charge in [0.25, 0.3) is 23.5 Å². The fraction of sp³-hybridized carbons (Fsp3) is 0.156. The Morgan fingerprint density at radius 3 is 1.60 bits per heavy atom. The predicted octanol–water partition coefficient (Wildman–Crippen LogP) is 6.11. The molecule has 0 saturated heterocycles. The van der Waals surface area contributed by atoms with Crippen molar-refractivity contribution in [3.63, 3.8) is 0 Å². The van der Waals surface area contributed by atoms with Crippen LogP contribution < -0.4 is 16.4 Å². The Morgan fingerprint density at radius 2 is 1.23 bits per heavy atom. The number of aromatic nitrogens is 2. The molecule has 2 aliphatic heterocycles. The Labute approximate surface area is 280 Å². The molecule has 15 heteroatoms. The molecule has 7 N–H and O–H groups in total. The summed E-state index contributed by atoms with van der Waals surface area (Å²) in [5, 5.41) is 23.8. The molecule has 4 aromatic rings. The molecular weight excluding hydrogens is 668 g/mol. The van der Waals surface area contributed by atoms with Crippen LogP contribution in [0.3, 0.4) is 0 Å². The molecule has 47 heavy (non-hydrogen) atoms. The first kappa shape index (κ1) is 36.0. The molecule has 12 nitrogen and oxygen atoms in total. The molecule has 240 valence electrons. The minimum Gasteiger partial charge on any atom is -0.481 e. The minimum absolute atomic E-state index is 0. The van der Waals surface area contributed by atoms with Crippen LogP contribution in [0.2, 0.25) is 0 Å². The summed E-state index contributed by atoms with van der Waals surface area (Å²) < 4.78 is 26.7. The van der Waals surface area contributed by atoms with Gasteiger partial charge in [0.1, 0.15) is 11.6 Å². The van der Waals surface area contributed by atoms with Crippen molar-refractivity contribution >= 4 is 63.8 Å². The van der Waals surface area contributed by atoms with Crippen LogP contribution in [0.1, 0.15) is 52.0 Å². The molecule has 0 radical (unpaired) electrons. The van der Waals surface area contributed by atoms with Crippen molar-refractivity contribution in [1.82, 2.24) is 9.97 Å². The Hall–Kier alpha value is -5.43. The van der Waals surface area contributed by atoms with Crippen molar-refractivity contribution in [2.75, 3.05) is 16.4 Å². The van der Waals surface area contributed by atoms with Gasteiger partial charge in [0.15, 0.2) is 0 Å². The summed E-state index contributed by atoms with van der Waals surface area (Å²) in [5.74, 6) is -2.26. The normalized spacial score (nSPS) is 14.2. The Morgan fingerprint density at radius 1 is 0.830 bits per heavy atom. The number of nitro groups is 1. The second-order valence-corrected chi connectivity index (χ2v) is 10.5. The van der Waals surface area contributed by atoms with E-state index in [0.717, 1.165) is 23.9 Å². The average Bonchev–Trinajstić information content (AvgIpc) is 3.62. The zero-order valence-corrected chi connectivity index (χ0v) is 29.1. The number of carboxylic acids is 1. The van der Waals surface area contributed by atoms with Crippen molar-refractivity contribution in [3.8, 4) is 0 Å². The second-order valence-electron chi connectivity index (χ2n) is 10.5. The molecule has 2 aliphatic rings.